The van der Waals surface area contributed by atoms with E-state index in [0.29, 0.717) is 0 Å². The van der Waals surface area contributed by atoms with Gasteiger partial charge in [0.15, 0.2) is 0 Å². The summed E-state index contributed by atoms with van der Waals surface area (Å²) in [5.41, 5.74) is -2.01. The predicted octanol–water partition coefficient (Wildman–Crippen LogP) is -0.143. The van der Waals surface area contributed by atoms with Gasteiger partial charge in [-0.15, -0.1) is 0 Å². The zero-order chi connectivity index (χ0) is 17.3. The van der Waals surface area contributed by atoms with E-state index >= 15 is 0 Å². The van der Waals surface area contributed by atoms with Gasteiger partial charge in [0.25, 0.3) is 0 Å². The van der Waals surface area contributed by atoms with E-state index in [1.54, 1.807) is 32.9 Å². The van der Waals surface area contributed by atoms with Crippen LogP contribution in [0.4, 0.5) is 0 Å². The lowest BCUT2D eigenvalue weighted by molar-refractivity contribution is -0.107. The standard InChI is InChI=1S/C8H12Si.C6H14O2.BH3O3/c1-9(2)8-6-4-3-5-7-8;1-5(2,7)6(3,4)8;2-1(3)4/h3-7,9H,1-2H3;7-8H,1-4H3;2-4H. The van der Waals surface area contributed by atoms with E-state index in [-0.39, 0.29) is 0 Å². The monoisotopic (exact) mass is 316 g/mol. The summed E-state index contributed by atoms with van der Waals surface area (Å²) < 4.78 is 0. The molecular weight excluding hydrogens is 287 g/mol. The molecule has 0 spiro atoms. The van der Waals surface area contributed by atoms with E-state index in [1.807, 2.05) is 0 Å². The van der Waals surface area contributed by atoms with Crippen LogP contribution in [0.15, 0.2) is 30.3 Å². The molecular formula is C14H29BO5Si. The maximum absolute atomic E-state index is 9.10. The number of rotatable bonds is 2. The van der Waals surface area contributed by atoms with E-state index in [9.17, 15) is 0 Å². The molecule has 21 heavy (non-hydrogen) atoms. The zero-order valence-corrected chi connectivity index (χ0v) is 14.9. The minimum absolute atomic E-state index is 0.529. The third-order valence-electron chi connectivity index (χ3n) is 2.96. The van der Waals surface area contributed by atoms with Crippen molar-refractivity contribution in [3.63, 3.8) is 0 Å². The topological polar surface area (TPSA) is 101 Å². The Kier molecular flexibility index (Phi) is 10.9. The summed E-state index contributed by atoms with van der Waals surface area (Å²) in [6.45, 7) is 11.0. The molecule has 0 amide bonds. The summed E-state index contributed by atoms with van der Waals surface area (Å²) in [5.74, 6) is 0. The second kappa shape index (κ2) is 10.1. The average Bonchev–Trinajstić information content (AvgIpc) is 2.27. The molecule has 0 aliphatic carbocycles. The Labute approximate surface area is 129 Å². The lowest BCUT2D eigenvalue weighted by atomic mass is 9.90. The van der Waals surface area contributed by atoms with Gasteiger partial charge in [0.05, 0.1) is 20.0 Å². The molecule has 1 rings (SSSR count). The van der Waals surface area contributed by atoms with Crippen LogP contribution in [-0.2, 0) is 0 Å². The highest BCUT2D eigenvalue weighted by molar-refractivity contribution is 6.70. The Hall–Kier alpha value is -0.698. The predicted molar refractivity (Wildman–Crippen MR) is 90.0 cm³/mol. The Bertz CT molecular complexity index is 343. The van der Waals surface area contributed by atoms with Crippen molar-refractivity contribution in [2.45, 2.75) is 52.0 Å². The van der Waals surface area contributed by atoms with Crippen molar-refractivity contribution in [2.24, 2.45) is 0 Å². The molecule has 0 bridgehead atoms. The van der Waals surface area contributed by atoms with Crippen LogP contribution in [0.2, 0.25) is 13.1 Å². The molecule has 0 aliphatic heterocycles. The van der Waals surface area contributed by atoms with Gasteiger partial charge in [-0.3, -0.25) is 0 Å². The molecule has 0 atom stereocenters. The molecule has 0 radical (unpaired) electrons. The van der Waals surface area contributed by atoms with Gasteiger partial charge in [0.1, 0.15) is 0 Å². The number of hydrogen-bond acceptors (Lipinski definition) is 5. The van der Waals surface area contributed by atoms with Crippen LogP contribution in [-0.4, -0.2) is 52.6 Å². The van der Waals surface area contributed by atoms with Crippen molar-refractivity contribution in [2.75, 3.05) is 0 Å². The first-order valence-electron chi connectivity index (χ1n) is 6.83. The van der Waals surface area contributed by atoms with Gasteiger partial charge in [-0.05, 0) is 27.7 Å². The van der Waals surface area contributed by atoms with Crippen molar-refractivity contribution in [1.82, 2.24) is 0 Å². The smallest absolute Gasteiger partial charge is 0.402 e. The molecule has 5 nitrogen and oxygen atoms in total. The summed E-state index contributed by atoms with van der Waals surface area (Å²) >= 11 is 0. The van der Waals surface area contributed by atoms with Gasteiger partial charge >= 0.3 is 7.32 Å². The van der Waals surface area contributed by atoms with Crippen molar-refractivity contribution >= 4 is 21.3 Å². The SMILES string of the molecule is CC(C)(O)C(C)(C)O.C[SiH](C)c1ccccc1.OB(O)O. The quantitative estimate of drug-likeness (QED) is 0.489. The molecule has 0 unspecified atom stereocenters. The minimum atomic E-state index is -2.17. The first-order chi connectivity index (χ1) is 9.29. The van der Waals surface area contributed by atoms with Crippen molar-refractivity contribution in [1.29, 1.82) is 0 Å². The molecule has 0 aromatic heterocycles. The largest absolute Gasteiger partial charge is 0.631 e. The maximum atomic E-state index is 9.10. The van der Waals surface area contributed by atoms with E-state index < -0.39 is 27.3 Å². The van der Waals surface area contributed by atoms with Gasteiger partial charge in [0, 0.05) is 0 Å². The van der Waals surface area contributed by atoms with E-state index in [2.05, 4.69) is 43.4 Å². The van der Waals surface area contributed by atoms with E-state index in [0.717, 1.165) is 0 Å². The van der Waals surface area contributed by atoms with Gasteiger partial charge in [-0.25, -0.2) is 0 Å². The molecule has 0 saturated carbocycles. The Balaban J connectivity index is 0. The third kappa shape index (κ3) is 14.0. The van der Waals surface area contributed by atoms with Crippen LogP contribution in [0.25, 0.3) is 0 Å². The van der Waals surface area contributed by atoms with Crippen LogP contribution in [0, 0.1) is 0 Å². The molecule has 0 fully saturated rings. The third-order valence-corrected chi connectivity index (χ3v) is 4.68. The summed E-state index contributed by atoms with van der Waals surface area (Å²) in [7, 11) is -2.70. The van der Waals surface area contributed by atoms with E-state index in [4.69, 9.17) is 25.3 Å². The normalized spacial score (nSPS) is 11.0. The Morgan fingerprint density at radius 3 is 1.24 bits per heavy atom. The van der Waals surface area contributed by atoms with Gasteiger partial charge in [0.2, 0.25) is 0 Å². The minimum Gasteiger partial charge on any atom is -0.402 e. The fourth-order valence-electron chi connectivity index (χ4n) is 0.838. The fraction of sp³-hybridized carbons (Fsp3) is 0.571. The van der Waals surface area contributed by atoms with E-state index in [1.165, 1.54) is 0 Å². The van der Waals surface area contributed by atoms with Crippen LogP contribution < -0.4 is 5.19 Å². The van der Waals surface area contributed by atoms with Crippen LogP contribution >= 0.6 is 0 Å². The molecule has 0 saturated heterocycles. The number of aliphatic hydroxyl groups is 2. The second-order valence-corrected chi connectivity index (χ2v) is 9.01. The molecule has 7 heteroatoms. The molecule has 0 aliphatic rings. The number of benzene rings is 1. The molecule has 1 aromatic rings. The average molecular weight is 316 g/mol. The van der Waals surface area contributed by atoms with Crippen LogP contribution in [0.1, 0.15) is 27.7 Å². The summed E-state index contributed by atoms with van der Waals surface area (Å²) in [6.07, 6.45) is 0. The van der Waals surface area contributed by atoms with Gasteiger partial charge < -0.3 is 25.3 Å². The highest BCUT2D eigenvalue weighted by Crippen LogP contribution is 2.19. The lowest BCUT2D eigenvalue weighted by Crippen LogP contribution is -2.44. The lowest BCUT2D eigenvalue weighted by Gasteiger charge is -2.31. The van der Waals surface area contributed by atoms with Crippen molar-refractivity contribution in [3.05, 3.63) is 30.3 Å². The molecule has 1 aromatic carbocycles. The van der Waals surface area contributed by atoms with Crippen molar-refractivity contribution in [3.8, 4) is 0 Å². The zero-order valence-electron chi connectivity index (χ0n) is 13.8. The summed E-state index contributed by atoms with van der Waals surface area (Å²) in [4.78, 5) is 0. The molecule has 122 valence electrons. The van der Waals surface area contributed by atoms with Gasteiger partial charge in [-0.1, -0.05) is 48.6 Å². The molecule has 5 N–H and O–H groups in total. The maximum Gasteiger partial charge on any atom is 0.631 e. The highest BCUT2D eigenvalue weighted by Gasteiger charge is 2.31. The first kappa shape index (κ1) is 22.6. The second-order valence-electron chi connectivity index (χ2n) is 6.03. The fourth-order valence-corrected chi connectivity index (χ4v) is 1.83. The first-order valence-corrected chi connectivity index (χ1v) is 9.71. The Morgan fingerprint density at radius 2 is 1.10 bits per heavy atom. The number of hydrogen-bond donors (Lipinski definition) is 5. The van der Waals surface area contributed by atoms with Crippen LogP contribution in [0.5, 0.6) is 0 Å². The summed E-state index contributed by atoms with van der Waals surface area (Å²) in [5, 5.41) is 41.3. The Morgan fingerprint density at radius 1 is 0.810 bits per heavy atom. The highest BCUT2D eigenvalue weighted by atomic mass is 28.3. The summed E-state index contributed by atoms with van der Waals surface area (Å²) in [6, 6.07) is 10.7. The van der Waals surface area contributed by atoms with Gasteiger partial charge in [-0.2, -0.15) is 0 Å². The van der Waals surface area contributed by atoms with Crippen LogP contribution in [0.3, 0.4) is 0 Å². The van der Waals surface area contributed by atoms with Crippen molar-refractivity contribution < 1.29 is 25.3 Å². The molecule has 0 heterocycles.